The Balaban J connectivity index is 1.82. The van der Waals surface area contributed by atoms with Gasteiger partial charge in [-0.3, -0.25) is 9.59 Å². The van der Waals surface area contributed by atoms with E-state index in [4.69, 9.17) is 19.7 Å². The summed E-state index contributed by atoms with van der Waals surface area (Å²) in [6, 6.07) is 4.14. The van der Waals surface area contributed by atoms with Crippen molar-refractivity contribution in [1.82, 2.24) is 9.13 Å². The summed E-state index contributed by atoms with van der Waals surface area (Å²) in [5, 5.41) is 37.9. The Morgan fingerprint density at radius 3 is 1.28 bits per heavy atom. The maximum atomic E-state index is 12.7. The maximum Gasteiger partial charge on any atom is 0.339 e. The van der Waals surface area contributed by atoms with E-state index in [0.29, 0.717) is 33.4 Å². The molecule has 0 spiro atoms. The number of methoxy groups -OCH3 is 2. The second-order valence-corrected chi connectivity index (χ2v) is 10.4. The van der Waals surface area contributed by atoms with E-state index in [-0.39, 0.29) is 24.0 Å². The molecule has 4 rings (SSSR count). The average Bonchev–Trinajstić information content (AvgIpc) is 3.61. The van der Waals surface area contributed by atoms with Gasteiger partial charge in [-0.2, -0.15) is 0 Å². The molecule has 2 heterocycles. The van der Waals surface area contributed by atoms with E-state index in [1.165, 1.54) is 48.1 Å². The number of rotatable bonds is 14. The average molecular weight is 635 g/mol. The molecule has 0 aromatic rings. The Kier molecular flexibility index (Phi) is 9.90. The van der Waals surface area contributed by atoms with Gasteiger partial charge in [0, 0.05) is 48.8 Å². The first kappa shape index (κ1) is 33.0. The molecule has 0 bridgehead atoms. The number of carbonyl (C=O) groups is 6. The van der Waals surface area contributed by atoms with Crippen LogP contribution >= 0.6 is 0 Å². The van der Waals surface area contributed by atoms with Crippen molar-refractivity contribution in [3.8, 4) is 22.3 Å². The van der Waals surface area contributed by atoms with Gasteiger partial charge in [0.1, 0.15) is 12.1 Å². The topological polar surface area (TPSA) is 212 Å². The fourth-order valence-corrected chi connectivity index (χ4v) is 5.28. The maximum absolute atomic E-state index is 12.7. The normalized spacial score (nSPS) is 12.7. The molecule has 0 saturated heterocycles. The summed E-state index contributed by atoms with van der Waals surface area (Å²) in [7, 11) is 2.36. The summed E-state index contributed by atoms with van der Waals surface area (Å²) < 4.78 is 12.3. The second kappa shape index (κ2) is 13.8. The predicted molar refractivity (Wildman–Crippen MR) is 161 cm³/mol. The highest BCUT2D eigenvalue weighted by Gasteiger charge is 2.27. The van der Waals surface area contributed by atoms with Crippen LogP contribution in [0.3, 0.4) is 0 Å². The number of aliphatic carboxylic acids is 4. The monoisotopic (exact) mass is 634 g/mol. The minimum Gasteiger partial charge on any atom is -0.481 e. The third-order valence-electron chi connectivity index (χ3n) is 7.56. The highest BCUT2D eigenvalue weighted by molar-refractivity contribution is 6.02. The van der Waals surface area contributed by atoms with Crippen LogP contribution in [0, 0.1) is 0 Å². The fraction of sp³-hybridized carbons (Fsp3) is 0.250. The number of hydrogen-bond donors (Lipinski definition) is 4. The zero-order valence-corrected chi connectivity index (χ0v) is 24.7. The zero-order valence-electron chi connectivity index (χ0n) is 24.7. The summed E-state index contributed by atoms with van der Waals surface area (Å²) >= 11 is 0. The molecule has 14 heteroatoms. The lowest BCUT2D eigenvalue weighted by molar-refractivity contribution is -0.144. The molecule has 4 N–H and O–H groups in total. The molecular formula is C32H30N2O12. The highest BCUT2D eigenvalue weighted by Crippen LogP contribution is 2.37. The van der Waals surface area contributed by atoms with Gasteiger partial charge in [-0.15, -0.1) is 0 Å². The summed E-state index contributed by atoms with van der Waals surface area (Å²) in [5.74, 6) is -6.36. The van der Waals surface area contributed by atoms with Crippen molar-refractivity contribution in [1.29, 1.82) is 0 Å². The van der Waals surface area contributed by atoms with Crippen LogP contribution in [0.15, 0.2) is 49.1 Å². The lowest BCUT2D eigenvalue weighted by Crippen LogP contribution is -2.22. The van der Waals surface area contributed by atoms with Gasteiger partial charge in [-0.1, -0.05) is 36.4 Å². The number of carbonyl (C=O) groups excluding carboxylic acids is 2. The van der Waals surface area contributed by atoms with Crippen molar-refractivity contribution in [3.05, 3.63) is 71.3 Å². The zero-order chi connectivity index (χ0) is 33.7. The van der Waals surface area contributed by atoms with Gasteiger partial charge in [-0.05, 0) is 35.1 Å². The summed E-state index contributed by atoms with van der Waals surface area (Å²) in [6.07, 6.45) is 7.70. The molecule has 0 aromatic carbocycles. The molecule has 2 aliphatic heterocycles. The number of carboxylic acid groups (broad SMARTS) is 4. The molecule has 46 heavy (non-hydrogen) atoms. The van der Waals surface area contributed by atoms with Crippen LogP contribution in [0.1, 0.15) is 69.6 Å². The largest absolute Gasteiger partial charge is 0.481 e. The van der Waals surface area contributed by atoms with Crippen molar-refractivity contribution in [3.63, 3.8) is 0 Å². The van der Waals surface area contributed by atoms with E-state index in [2.05, 4.69) is 0 Å². The first-order chi connectivity index (χ1) is 21.9. The molecule has 240 valence electrons. The SMILES string of the molecule is COC(=O)c1cn(C(CCC(=O)O)C(=O)O)cc2c(/C=C\c3ccc4c(C(=O)OC)cn(C(CCC(=O)O)C(=O)O)cc3-4)ccc1-2. The molecule has 2 atom stereocenters. The van der Waals surface area contributed by atoms with E-state index in [0.717, 1.165) is 0 Å². The molecule has 0 amide bonds. The minimum atomic E-state index is -1.29. The highest BCUT2D eigenvalue weighted by atomic mass is 16.5. The Hall–Kier alpha value is -5.92. The number of esters is 2. The Bertz CT molecular complexity index is 1670. The number of pyridine rings is 2. The molecule has 14 nitrogen and oxygen atoms in total. The third kappa shape index (κ3) is 6.90. The first-order valence-corrected chi connectivity index (χ1v) is 13.9. The predicted octanol–water partition coefficient (Wildman–Crippen LogP) is 4.22. The van der Waals surface area contributed by atoms with E-state index in [9.17, 15) is 39.0 Å². The fourth-order valence-electron chi connectivity index (χ4n) is 5.28. The first-order valence-electron chi connectivity index (χ1n) is 13.9. The van der Waals surface area contributed by atoms with Gasteiger partial charge in [-0.25, -0.2) is 19.2 Å². The molecular weight excluding hydrogens is 604 g/mol. The van der Waals surface area contributed by atoms with Crippen molar-refractivity contribution in [2.24, 2.45) is 0 Å². The molecule has 4 aliphatic rings. The Labute approximate surface area is 261 Å². The van der Waals surface area contributed by atoms with Gasteiger partial charge >= 0.3 is 35.8 Å². The van der Waals surface area contributed by atoms with E-state index in [1.807, 2.05) is 0 Å². The number of nitrogens with zero attached hydrogens (tertiary/aromatic N) is 2. The third-order valence-corrected chi connectivity index (χ3v) is 7.56. The van der Waals surface area contributed by atoms with Crippen LogP contribution in [-0.2, 0) is 28.7 Å². The van der Waals surface area contributed by atoms with Crippen LogP contribution < -0.4 is 0 Å². The molecule has 0 fully saturated rings. The van der Waals surface area contributed by atoms with Crippen LogP contribution in [-0.4, -0.2) is 79.6 Å². The van der Waals surface area contributed by atoms with Gasteiger partial charge in [0.25, 0.3) is 0 Å². The summed E-state index contributed by atoms with van der Waals surface area (Å²) in [5.41, 5.74) is 3.15. The van der Waals surface area contributed by atoms with Gasteiger partial charge < -0.3 is 39.0 Å². The summed E-state index contributed by atoms with van der Waals surface area (Å²) in [6.45, 7) is 0. The number of hydrogen-bond acceptors (Lipinski definition) is 8. The lowest BCUT2D eigenvalue weighted by atomic mass is 10.0. The van der Waals surface area contributed by atoms with Crippen LogP contribution in [0.5, 0.6) is 0 Å². The van der Waals surface area contributed by atoms with E-state index < -0.39 is 60.7 Å². The number of fused-ring (bicyclic) bond motifs is 2. The molecule has 0 aromatic heterocycles. The number of ether oxygens (including phenoxy) is 2. The lowest BCUT2D eigenvalue weighted by Gasteiger charge is -2.20. The Morgan fingerprint density at radius 1 is 0.609 bits per heavy atom. The number of carboxylic acids is 4. The van der Waals surface area contributed by atoms with E-state index in [1.54, 1.807) is 36.4 Å². The van der Waals surface area contributed by atoms with Crippen molar-refractivity contribution in [2.75, 3.05) is 14.2 Å². The molecule has 0 saturated carbocycles. The molecule has 2 aliphatic carbocycles. The smallest absolute Gasteiger partial charge is 0.339 e. The van der Waals surface area contributed by atoms with Gasteiger partial charge in [0.05, 0.1) is 25.3 Å². The van der Waals surface area contributed by atoms with Crippen molar-refractivity contribution < 1.29 is 58.7 Å². The quantitative estimate of drug-likeness (QED) is 0.144. The Morgan fingerprint density at radius 2 is 0.978 bits per heavy atom. The van der Waals surface area contributed by atoms with Crippen LogP contribution in [0.25, 0.3) is 34.4 Å². The van der Waals surface area contributed by atoms with Crippen LogP contribution in [0.2, 0.25) is 0 Å². The summed E-state index contributed by atoms with van der Waals surface area (Å²) in [4.78, 5) is 71.8. The van der Waals surface area contributed by atoms with E-state index >= 15 is 0 Å². The standard InChI is InChI=1S/C32H30N2O12/c1-45-31(43)23-15-33(25(29(39)40)9-11-27(35)36)13-21-17(5-7-19(21)23)3-4-18-6-8-20-22(18)14-34(16-24(20)32(44)46-2)26(30(41)42)10-12-28(37)38/h3-8,13-16,25-26H,9-12H2,1-2H3,(H,35,36)(H,37,38)(H,39,40)(H,41,42)/b4-3-. The van der Waals surface area contributed by atoms with Gasteiger partial charge in [0.2, 0.25) is 0 Å². The number of aromatic nitrogens is 2. The van der Waals surface area contributed by atoms with Crippen molar-refractivity contribution >= 4 is 48.0 Å². The molecule has 2 unspecified atom stereocenters. The van der Waals surface area contributed by atoms with Gasteiger partial charge in [0.15, 0.2) is 0 Å². The minimum absolute atomic E-state index is 0.0739. The molecule has 0 radical (unpaired) electrons. The van der Waals surface area contributed by atoms with Crippen molar-refractivity contribution in [2.45, 2.75) is 37.8 Å². The second-order valence-electron chi connectivity index (χ2n) is 10.4. The van der Waals surface area contributed by atoms with Crippen LogP contribution in [0.4, 0.5) is 0 Å².